The molecule has 0 aliphatic rings. The number of hydrogen-bond acceptors (Lipinski definition) is 3. The molecule has 15 heavy (non-hydrogen) atoms. The van der Waals surface area contributed by atoms with Crippen LogP contribution in [-0.2, 0) is 4.74 Å². The van der Waals surface area contributed by atoms with Gasteiger partial charge >= 0.3 is 0 Å². The topological polar surface area (TPSA) is 47.3 Å². The first kappa shape index (κ1) is 12.7. The molecule has 0 aliphatic carbocycles. The summed E-state index contributed by atoms with van der Waals surface area (Å²) in [6.07, 6.45) is 1.06. The Morgan fingerprint density at radius 3 is 2.80 bits per heavy atom. The Kier molecular flexibility index (Phi) is 4.76. The third kappa shape index (κ3) is 3.03. The molecule has 0 spiro atoms. The Bertz CT molecular complexity index is 312. The van der Waals surface area contributed by atoms with E-state index in [0.29, 0.717) is 13.2 Å². The van der Waals surface area contributed by atoms with Crippen molar-refractivity contribution in [3.05, 3.63) is 16.4 Å². The van der Waals surface area contributed by atoms with Crippen molar-refractivity contribution in [2.45, 2.75) is 32.9 Å². The van der Waals surface area contributed by atoms with E-state index in [1.165, 1.54) is 0 Å². The van der Waals surface area contributed by atoms with Crippen LogP contribution in [0.5, 0.6) is 0 Å². The smallest absolute Gasteiger partial charge is 0.120 e. The van der Waals surface area contributed by atoms with Gasteiger partial charge in [-0.15, -0.1) is 0 Å². The summed E-state index contributed by atoms with van der Waals surface area (Å²) in [5.74, 6) is 0. The highest BCUT2D eigenvalue weighted by Gasteiger charge is 2.19. The third-order valence-electron chi connectivity index (χ3n) is 2.07. The second-order valence-corrected chi connectivity index (χ2v) is 4.45. The summed E-state index contributed by atoms with van der Waals surface area (Å²) in [5, 5.41) is 14.1. The predicted octanol–water partition coefficient (Wildman–Crippen LogP) is 2.30. The lowest BCUT2D eigenvalue weighted by Gasteiger charge is -2.16. The molecule has 1 rings (SSSR count). The van der Waals surface area contributed by atoms with Gasteiger partial charge in [0.1, 0.15) is 6.10 Å². The summed E-state index contributed by atoms with van der Waals surface area (Å²) < 4.78 is 7.82. The predicted molar refractivity (Wildman–Crippen MR) is 61.8 cm³/mol. The summed E-state index contributed by atoms with van der Waals surface area (Å²) in [7, 11) is 0. The van der Waals surface area contributed by atoms with Gasteiger partial charge in [0, 0.05) is 12.6 Å². The molecule has 0 fully saturated rings. The van der Waals surface area contributed by atoms with Crippen LogP contribution in [0.25, 0.3) is 0 Å². The normalized spacial score (nSPS) is 13.5. The van der Waals surface area contributed by atoms with Crippen molar-refractivity contribution in [3.8, 4) is 0 Å². The van der Waals surface area contributed by atoms with E-state index in [2.05, 4.69) is 21.0 Å². The highest BCUT2D eigenvalue weighted by Crippen LogP contribution is 2.25. The molecule has 0 saturated heterocycles. The van der Waals surface area contributed by atoms with Gasteiger partial charge in [-0.3, -0.25) is 4.68 Å². The maximum atomic E-state index is 9.94. The maximum Gasteiger partial charge on any atom is 0.120 e. The molecule has 4 nitrogen and oxygen atoms in total. The van der Waals surface area contributed by atoms with Crippen LogP contribution in [0.3, 0.4) is 0 Å². The fraction of sp³-hybridized carbons (Fsp3) is 0.700. The van der Waals surface area contributed by atoms with Crippen LogP contribution < -0.4 is 0 Å². The molecule has 0 bridgehead atoms. The molecule has 0 amide bonds. The van der Waals surface area contributed by atoms with Crippen LogP contribution in [0.2, 0.25) is 0 Å². The molecular weight excluding hydrogens is 260 g/mol. The summed E-state index contributed by atoms with van der Waals surface area (Å²) in [6.45, 7) is 6.85. The lowest BCUT2D eigenvalue weighted by Crippen LogP contribution is -2.15. The monoisotopic (exact) mass is 276 g/mol. The van der Waals surface area contributed by atoms with Gasteiger partial charge in [-0.1, -0.05) is 0 Å². The summed E-state index contributed by atoms with van der Waals surface area (Å²) in [4.78, 5) is 0. The molecular formula is C10H17BrN2O2. The highest BCUT2D eigenvalue weighted by atomic mass is 79.9. The number of rotatable bonds is 5. The van der Waals surface area contributed by atoms with Gasteiger partial charge in [-0.25, -0.2) is 0 Å². The van der Waals surface area contributed by atoms with Crippen molar-refractivity contribution in [1.82, 2.24) is 9.78 Å². The van der Waals surface area contributed by atoms with Crippen LogP contribution in [0.15, 0.2) is 10.7 Å². The van der Waals surface area contributed by atoms with Crippen molar-refractivity contribution >= 4 is 15.9 Å². The molecule has 1 heterocycles. The summed E-state index contributed by atoms with van der Waals surface area (Å²) in [5.41, 5.74) is 0.776. The number of ether oxygens (including phenoxy) is 1. The molecule has 0 radical (unpaired) electrons. The second-order valence-electron chi connectivity index (χ2n) is 3.59. The Morgan fingerprint density at radius 2 is 2.27 bits per heavy atom. The number of nitrogens with zero attached hydrogens (tertiary/aromatic N) is 2. The largest absolute Gasteiger partial charge is 0.384 e. The summed E-state index contributed by atoms with van der Waals surface area (Å²) in [6, 6.07) is 0.225. The molecule has 5 heteroatoms. The van der Waals surface area contributed by atoms with Gasteiger partial charge in [0.15, 0.2) is 0 Å². The second kappa shape index (κ2) is 5.63. The average molecular weight is 277 g/mol. The van der Waals surface area contributed by atoms with E-state index in [1.54, 1.807) is 10.9 Å². The molecule has 1 aromatic heterocycles. The number of halogens is 1. The van der Waals surface area contributed by atoms with E-state index in [9.17, 15) is 5.11 Å². The SMILES string of the molecule is CCOCC(O)c1c(Br)cnn1C(C)C. The average Bonchev–Trinajstić information content (AvgIpc) is 2.56. The lowest BCUT2D eigenvalue weighted by atomic mass is 10.2. The van der Waals surface area contributed by atoms with Crippen LogP contribution in [0, 0.1) is 0 Å². The van der Waals surface area contributed by atoms with Gasteiger partial charge in [-0.05, 0) is 36.7 Å². The van der Waals surface area contributed by atoms with Gasteiger partial charge in [0.25, 0.3) is 0 Å². The van der Waals surface area contributed by atoms with E-state index in [4.69, 9.17) is 4.74 Å². The molecule has 0 aliphatic heterocycles. The number of aliphatic hydroxyl groups excluding tert-OH is 1. The van der Waals surface area contributed by atoms with E-state index in [1.807, 2.05) is 20.8 Å². The Balaban J connectivity index is 2.85. The van der Waals surface area contributed by atoms with E-state index >= 15 is 0 Å². The zero-order valence-electron chi connectivity index (χ0n) is 9.27. The van der Waals surface area contributed by atoms with Crippen molar-refractivity contribution in [2.75, 3.05) is 13.2 Å². The quantitative estimate of drug-likeness (QED) is 0.898. The fourth-order valence-electron chi connectivity index (χ4n) is 1.38. The number of hydrogen-bond donors (Lipinski definition) is 1. The Labute approximate surface area is 98.4 Å². The van der Waals surface area contributed by atoms with Crippen LogP contribution in [-0.4, -0.2) is 28.1 Å². The van der Waals surface area contributed by atoms with Crippen molar-refractivity contribution < 1.29 is 9.84 Å². The number of aliphatic hydroxyl groups is 1. The maximum absolute atomic E-state index is 9.94. The minimum absolute atomic E-state index is 0.225. The zero-order valence-corrected chi connectivity index (χ0v) is 10.9. The van der Waals surface area contributed by atoms with Crippen molar-refractivity contribution in [3.63, 3.8) is 0 Å². The van der Waals surface area contributed by atoms with E-state index in [0.717, 1.165) is 10.2 Å². The lowest BCUT2D eigenvalue weighted by molar-refractivity contribution is 0.0362. The molecule has 0 saturated carbocycles. The number of aromatic nitrogens is 2. The van der Waals surface area contributed by atoms with Gasteiger partial charge in [0.2, 0.25) is 0 Å². The first-order valence-electron chi connectivity index (χ1n) is 5.06. The zero-order chi connectivity index (χ0) is 11.4. The van der Waals surface area contributed by atoms with Crippen LogP contribution in [0.1, 0.15) is 38.6 Å². The van der Waals surface area contributed by atoms with E-state index in [-0.39, 0.29) is 6.04 Å². The highest BCUT2D eigenvalue weighted by molar-refractivity contribution is 9.10. The fourth-order valence-corrected chi connectivity index (χ4v) is 1.92. The van der Waals surface area contributed by atoms with Crippen molar-refractivity contribution in [2.24, 2.45) is 0 Å². The summed E-state index contributed by atoms with van der Waals surface area (Å²) >= 11 is 3.38. The Hall–Kier alpha value is -0.390. The molecule has 1 N–H and O–H groups in total. The molecule has 1 unspecified atom stereocenters. The molecule has 0 aromatic carbocycles. The first-order chi connectivity index (χ1) is 7.07. The van der Waals surface area contributed by atoms with Gasteiger partial charge in [-0.2, -0.15) is 5.10 Å². The third-order valence-corrected chi connectivity index (χ3v) is 2.68. The standard InChI is InChI=1S/C10H17BrN2O2/c1-4-15-6-9(14)10-8(11)5-12-13(10)7(2)3/h5,7,9,14H,4,6H2,1-3H3. The van der Waals surface area contributed by atoms with E-state index < -0.39 is 6.10 Å². The molecule has 1 aromatic rings. The minimum Gasteiger partial charge on any atom is -0.384 e. The van der Waals surface area contributed by atoms with Gasteiger partial charge in [0.05, 0.1) is 23.0 Å². The van der Waals surface area contributed by atoms with Gasteiger partial charge < -0.3 is 9.84 Å². The molecule has 86 valence electrons. The Morgan fingerprint density at radius 1 is 1.60 bits per heavy atom. The van der Waals surface area contributed by atoms with Crippen LogP contribution in [0.4, 0.5) is 0 Å². The first-order valence-corrected chi connectivity index (χ1v) is 5.85. The minimum atomic E-state index is -0.635. The molecule has 1 atom stereocenters. The van der Waals surface area contributed by atoms with Crippen LogP contribution >= 0.6 is 15.9 Å². The van der Waals surface area contributed by atoms with Crippen molar-refractivity contribution in [1.29, 1.82) is 0 Å².